The van der Waals surface area contributed by atoms with Gasteiger partial charge < -0.3 is 9.84 Å². The first-order valence-corrected chi connectivity index (χ1v) is 3.87. The monoisotopic (exact) mass is 145 g/mol. The third kappa shape index (κ3) is 4.77. The molecule has 0 aromatic rings. The summed E-state index contributed by atoms with van der Waals surface area (Å²) in [5, 5.41) is 9.05. The van der Waals surface area contributed by atoms with E-state index in [0.29, 0.717) is 6.61 Å². The molecule has 1 radical (unpaired) electrons. The molecule has 0 bridgehead atoms. The average Bonchev–Trinajstić information content (AvgIpc) is 1.88. The lowest BCUT2D eigenvalue weighted by atomic mass is 10.2. The van der Waals surface area contributed by atoms with Crippen LogP contribution in [-0.2, 0) is 4.74 Å². The van der Waals surface area contributed by atoms with Crippen LogP contribution < -0.4 is 0 Å². The Labute approximate surface area is 63.2 Å². The summed E-state index contributed by atoms with van der Waals surface area (Å²) in [5.74, 6) is 0.122. The highest BCUT2D eigenvalue weighted by molar-refractivity contribution is 4.65. The molecule has 0 spiro atoms. The SMILES string of the molecule is CCCCO[C](O)C(C)C. The van der Waals surface area contributed by atoms with E-state index in [9.17, 15) is 0 Å². The van der Waals surface area contributed by atoms with Crippen molar-refractivity contribution in [1.82, 2.24) is 0 Å². The molecule has 0 heterocycles. The third-order valence-electron chi connectivity index (χ3n) is 1.24. The van der Waals surface area contributed by atoms with Gasteiger partial charge in [0.2, 0.25) is 6.29 Å². The molecule has 2 nitrogen and oxygen atoms in total. The van der Waals surface area contributed by atoms with E-state index >= 15 is 0 Å². The third-order valence-corrected chi connectivity index (χ3v) is 1.24. The molecule has 0 aromatic carbocycles. The van der Waals surface area contributed by atoms with Crippen LogP contribution in [0.25, 0.3) is 0 Å². The van der Waals surface area contributed by atoms with Crippen LogP contribution in [0.15, 0.2) is 0 Å². The van der Waals surface area contributed by atoms with Crippen LogP contribution in [0, 0.1) is 12.2 Å². The van der Waals surface area contributed by atoms with Crippen molar-refractivity contribution in [3.8, 4) is 0 Å². The van der Waals surface area contributed by atoms with Crippen molar-refractivity contribution in [2.75, 3.05) is 6.61 Å². The van der Waals surface area contributed by atoms with Gasteiger partial charge in [0.1, 0.15) is 0 Å². The lowest BCUT2D eigenvalue weighted by Crippen LogP contribution is -2.10. The molecule has 0 saturated heterocycles. The Morgan fingerprint density at radius 2 is 2.10 bits per heavy atom. The lowest BCUT2D eigenvalue weighted by Gasteiger charge is -2.12. The number of aliphatic hydroxyl groups excluding tert-OH is 1. The summed E-state index contributed by atoms with van der Waals surface area (Å²) in [4.78, 5) is 0. The average molecular weight is 145 g/mol. The van der Waals surface area contributed by atoms with Crippen molar-refractivity contribution in [3.05, 3.63) is 6.29 Å². The predicted octanol–water partition coefficient (Wildman–Crippen LogP) is 2.32. The fourth-order valence-electron chi connectivity index (χ4n) is 0.488. The Morgan fingerprint density at radius 3 is 2.50 bits per heavy atom. The van der Waals surface area contributed by atoms with Crippen LogP contribution in [0.4, 0.5) is 0 Å². The molecule has 0 aromatic heterocycles. The molecule has 10 heavy (non-hydrogen) atoms. The van der Waals surface area contributed by atoms with Crippen molar-refractivity contribution in [2.45, 2.75) is 33.6 Å². The maximum Gasteiger partial charge on any atom is 0.223 e. The minimum atomic E-state index is 0.122. The number of unbranched alkanes of at least 4 members (excludes halogenated alkanes) is 1. The lowest BCUT2D eigenvalue weighted by molar-refractivity contribution is -0.0229. The van der Waals surface area contributed by atoms with Gasteiger partial charge in [-0.1, -0.05) is 27.2 Å². The first-order chi connectivity index (χ1) is 4.68. The van der Waals surface area contributed by atoms with E-state index in [4.69, 9.17) is 9.84 Å². The summed E-state index contributed by atoms with van der Waals surface area (Å²) in [6.07, 6.45) is 2.27. The van der Waals surface area contributed by atoms with Gasteiger partial charge in [0.15, 0.2) is 0 Å². The standard InChI is InChI=1S/C8H17O2/c1-4-5-6-10-8(9)7(2)3/h7,9H,4-6H2,1-3H3. The van der Waals surface area contributed by atoms with Gasteiger partial charge in [0.05, 0.1) is 6.61 Å². The molecule has 0 unspecified atom stereocenters. The minimum absolute atomic E-state index is 0.122. The van der Waals surface area contributed by atoms with E-state index in [0.717, 1.165) is 12.8 Å². The van der Waals surface area contributed by atoms with E-state index in [1.165, 1.54) is 0 Å². The smallest absolute Gasteiger partial charge is 0.223 e. The van der Waals surface area contributed by atoms with E-state index < -0.39 is 0 Å². The summed E-state index contributed by atoms with van der Waals surface area (Å²) >= 11 is 0. The second-order valence-corrected chi connectivity index (χ2v) is 2.69. The van der Waals surface area contributed by atoms with Gasteiger partial charge in [0, 0.05) is 5.92 Å². The normalized spacial score (nSPS) is 11.4. The molecule has 0 fully saturated rings. The molecule has 1 N–H and O–H groups in total. The fraction of sp³-hybridized carbons (Fsp3) is 0.875. The molecule has 0 aliphatic heterocycles. The molecule has 0 aliphatic carbocycles. The van der Waals surface area contributed by atoms with Crippen LogP contribution in [-0.4, -0.2) is 11.7 Å². The Kier molecular flexibility index (Phi) is 5.64. The molecule has 0 amide bonds. The van der Waals surface area contributed by atoms with Gasteiger partial charge in [-0.15, -0.1) is 0 Å². The highest BCUT2D eigenvalue weighted by Gasteiger charge is 2.09. The van der Waals surface area contributed by atoms with Crippen molar-refractivity contribution in [2.24, 2.45) is 5.92 Å². The summed E-state index contributed by atoms with van der Waals surface area (Å²) in [6.45, 7) is 6.54. The second kappa shape index (κ2) is 5.69. The van der Waals surface area contributed by atoms with Crippen molar-refractivity contribution in [3.63, 3.8) is 0 Å². The Balaban J connectivity index is 3.13. The van der Waals surface area contributed by atoms with Crippen LogP contribution in [0.1, 0.15) is 33.6 Å². The molecule has 0 saturated carbocycles. The fourth-order valence-corrected chi connectivity index (χ4v) is 0.488. The second-order valence-electron chi connectivity index (χ2n) is 2.69. The number of hydrogen-bond donors (Lipinski definition) is 1. The number of aliphatic hydroxyl groups is 1. The Hall–Kier alpha value is -0.0800. The number of rotatable bonds is 5. The summed E-state index contributed by atoms with van der Waals surface area (Å²) in [5.41, 5.74) is 0. The van der Waals surface area contributed by atoms with Crippen molar-refractivity contribution < 1.29 is 9.84 Å². The molecular weight excluding hydrogens is 128 g/mol. The minimum Gasteiger partial charge on any atom is -0.361 e. The zero-order chi connectivity index (χ0) is 7.98. The predicted molar refractivity (Wildman–Crippen MR) is 40.9 cm³/mol. The van der Waals surface area contributed by atoms with Gasteiger partial charge >= 0.3 is 0 Å². The van der Waals surface area contributed by atoms with Crippen molar-refractivity contribution >= 4 is 0 Å². The molecule has 0 rings (SSSR count). The molecule has 0 atom stereocenters. The Bertz CT molecular complexity index is 71.7. The van der Waals surface area contributed by atoms with Gasteiger partial charge in [-0.25, -0.2) is 0 Å². The first kappa shape index (κ1) is 9.92. The van der Waals surface area contributed by atoms with Gasteiger partial charge in [0.25, 0.3) is 0 Å². The summed E-state index contributed by atoms with van der Waals surface area (Å²) < 4.78 is 5.02. The van der Waals surface area contributed by atoms with E-state index in [1.807, 2.05) is 13.8 Å². The molecule has 61 valence electrons. The highest BCUT2D eigenvalue weighted by Crippen LogP contribution is 2.10. The van der Waals surface area contributed by atoms with E-state index in [-0.39, 0.29) is 12.2 Å². The van der Waals surface area contributed by atoms with Gasteiger partial charge in [-0.05, 0) is 6.42 Å². The van der Waals surface area contributed by atoms with Crippen LogP contribution >= 0.6 is 0 Å². The molecule has 2 heteroatoms. The van der Waals surface area contributed by atoms with Gasteiger partial charge in [-0.2, -0.15) is 0 Å². The number of hydrogen-bond acceptors (Lipinski definition) is 2. The summed E-state index contributed by atoms with van der Waals surface area (Å²) in [7, 11) is 0. The van der Waals surface area contributed by atoms with Crippen LogP contribution in [0.5, 0.6) is 0 Å². The first-order valence-electron chi connectivity index (χ1n) is 3.87. The Morgan fingerprint density at radius 1 is 1.50 bits per heavy atom. The molecular formula is C8H17O2. The van der Waals surface area contributed by atoms with E-state index in [1.54, 1.807) is 0 Å². The van der Waals surface area contributed by atoms with Crippen LogP contribution in [0.3, 0.4) is 0 Å². The van der Waals surface area contributed by atoms with Crippen LogP contribution in [0.2, 0.25) is 0 Å². The quantitative estimate of drug-likeness (QED) is 0.601. The topological polar surface area (TPSA) is 29.5 Å². The molecule has 0 aliphatic rings. The van der Waals surface area contributed by atoms with Gasteiger partial charge in [-0.3, -0.25) is 0 Å². The summed E-state index contributed by atoms with van der Waals surface area (Å²) in [6, 6.07) is 0. The largest absolute Gasteiger partial charge is 0.361 e. The zero-order valence-corrected chi connectivity index (χ0v) is 7.05. The highest BCUT2D eigenvalue weighted by atomic mass is 16.6. The number of ether oxygens (including phenoxy) is 1. The zero-order valence-electron chi connectivity index (χ0n) is 7.05. The van der Waals surface area contributed by atoms with E-state index in [2.05, 4.69) is 6.92 Å². The maximum atomic E-state index is 9.05. The van der Waals surface area contributed by atoms with Crippen molar-refractivity contribution in [1.29, 1.82) is 0 Å². The maximum absolute atomic E-state index is 9.05.